The molecule has 0 saturated carbocycles. The van der Waals surface area contributed by atoms with Gasteiger partial charge in [0, 0.05) is 25.5 Å². The predicted molar refractivity (Wildman–Crippen MR) is 58.1 cm³/mol. The topological polar surface area (TPSA) is 33.2 Å². The van der Waals surface area contributed by atoms with Gasteiger partial charge in [-0.2, -0.15) is 0 Å². The fourth-order valence-electron chi connectivity index (χ4n) is 1.90. The van der Waals surface area contributed by atoms with E-state index < -0.39 is 0 Å². The highest BCUT2D eigenvalue weighted by Gasteiger charge is 2.23. The van der Waals surface area contributed by atoms with Crippen molar-refractivity contribution in [3.05, 3.63) is 37.0 Å². The van der Waals surface area contributed by atoms with Crippen molar-refractivity contribution < 1.29 is 4.79 Å². The zero-order valence-corrected chi connectivity index (χ0v) is 8.72. The Morgan fingerprint density at radius 3 is 2.53 bits per heavy atom. The highest BCUT2D eigenvalue weighted by atomic mass is 16.2. The summed E-state index contributed by atoms with van der Waals surface area (Å²) < 4.78 is 0. The molecule has 0 spiro atoms. The van der Waals surface area contributed by atoms with Gasteiger partial charge in [0.2, 0.25) is 5.91 Å². The van der Waals surface area contributed by atoms with E-state index in [9.17, 15) is 4.79 Å². The quantitative estimate of drug-likeness (QED) is 0.731. The van der Waals surface area contributed by atoms with Gasteiger partial charge < -0.3 is 4.90 Å². The molecule has 1 radical (unpaired) electrons. The molecule has 1 saturated heterocycles. The number of carbonyl (C=O) groups is 1. The summed E-state index contributed by atoms with van der Waals surface area (Å²) in [5.74, 6) is -0.148. The maximum absolute atomic E-state index is 12.0. The van der Waals surface area contributed by atoms with Gasteiger partial charge in [-0.25, -0.2) is 0 Å². The molecule has 3 heteroatoms. The molecule has 1 atom stereocenters. The van der Waals surface area contributed by atoms with E-state index in [0.717, 1.165) is 31.5 Å². The van der Waals surface area contributed by atoms with E-state index in [4.69, 9.17) is 0 Å². The number of carbonyl (C=O) groups excluding carboxylic acids is 1. The molecule has 2 heterocycles. The average molecular weight is 203 g/mol. The number of likely N-dealkylation sites (tertiary alicyclic amines) is 1. The Kier molecular flexibility index (Phi) is 2.99. The monoisotopic (exact) mass is 203 g/mol. The first kappa shape index (κ1) is 10.1. The Morgan fingerprint density at radius 1 is 1.33 bits per heavy atom. The number of nitrogens with zero attached hydrogens (tertiary/aromatic N) is 2. The van der Waals surface area contributed by atoms with Crippen LogP contribution in [0.3, 0.4) is 0 Å². The van der Waals surface area contributed by atoms with Crippen molar-refractivity contribution in [2.45, 2.75) is 18.8 Å². The summed E-state index contributed by atoms with van der Waals surface area (Å²) in [7, 11) is 0. The highest BCUT2D eigenvalue weighted by Crippen LogP contribution is 2.19. The number of rotatable bonds is 2. The van der Waals surface area contributed by atoms with Gasteiger partial charge in [-0.3, -0.25) is 9.78 Å². The van der Waals surface area contributed by atoms with Gasteiger partial charge in [-0.1, -0.05) is 0 Å². The summed E-state index contributed by atoms with van der Waals surface area (Å²) >= 11 is 0. The predicted octanol–water partition coefficient (Wildman–Crippen LogP) is 1.62. The standard InChI is InChI=1S/C12H15N2O/c1-10(11-4-6-13-7-5-11)12(15)14-8-2-3-9-14/h4-7,10H,1-3,8-9H2/t10-/m1/s1. The van der Waals surface area contributed by atoms with E-state index in [1.807, 2.05) is 17.0 Å². The molecule has 1 aromatic rings. The Bertz CT molecular complexity index is 331. The maximum atomic E-state index is 12.0. The number of hydrogen-bond acceptors (Lipinski definition) is 2. The van der Waals surface area contributed by atoms with Crippen LogP contribution in [0.4, 0.5) is 0 Å². The lowest BCUT2D eigenvalue weighted by Crippen LogP contribution is -2.31. The fourth-order valence-corrected chi connectivity index (χ4v) is 1.90. The first-order valence-corrected chi connectivity index (χ1v) is 5.31. The molecule has 2 rings (SSSR count). The van der Waals surface area contributed by atoms with E-state index in [0.29, 0.717) is 0 Å². The van der Waals surface area contributed by atoms with Gasteiger partial charge in [0.05, 0.1) is 5.92 Å². The van der Waals surface area contributed by atoms with Crippen molar-refractivity contribution in [1.29, 1.82) is 0 Å². The number of amides is 1. The summed E-state index contributed by atoms with van der Waals surface area (Å²) in [6.45, 7) is 5.70. The molecule has 0 aromatic carbocycles. The minimum atomic E-state index is -0.286. The fraction of sp³-hybridized carbons (Fsp3) is 0.417. The second-order valence-electron chi connectivity index (χ2n) is 3.87. The second kappa shape index (κ2) is 4.43. The summed E-state index contributed by atoms with van der Waals surface area (Å²) in [5, 5.41) is 0. The minimum absolute atomic E-state index is 0.138. The molecule has 1 amide bonds. The SMILES string of the molecule is [CH2][C@@H](C(=O)N1CCCC1)c1ccncc1. The van der Waals surface area contributed by atoms with Crippen LogP contribution >= 0.6 is 0 Å². The van der Waals surface area contributed by atoms with E-state index >= 15 is 0 Å². The van der Waals surface area contributed by atoms with Crippen LogP contribution in [0.15, 0.2) is 24.5 Å². The third-order valence-corrected chi connectivity index (χ3v) is 2.82. The van der Waals surface area contributed by atoms with E-state index in [-0.39, 0.29) is 11.8 Å². The van der Waals surface area contributed by atoms with Crippen LogP contribution in [0, 0.1) is 6.92 Å². The Hall–Kier alpha value is -1.38. The van der Waals surface area contributed by atoms with Crippen LogP contribution in [0.1, 0.15) is 24.3 Å². The van der Waals surface area contributed by atoms with Gasteiger partial charge in [0.1, 0.15) is 0 Å². The molecule has 15 heavy (non-hydrogen) atoms. The lowest BCUT2D eigenvalue weighted by Gasteiger charge is -2.20. The van der Waals surface area contributed by atoms with Crippen molar-refractivity contribution in [2.75, 3.05) is 13.1 Å². The molecule has 1 aliphatic heterocycles. The molecule has 3 nitrogen and oxygen atoms in total. The summed E-state index contributed by atoms with van der Waals surface area (Å²) in [6.07, 6.45) is 5.64. The third-order valence-electron chi connectivity index (χ3n) is 2.82. The number of pyridine rings is 1. The van der Waals surface area contributed by atoms with Crippen LogP contribution in [0.2, 0.25) is 0 Å². The summed E-state index contributed by atoms with van der Waals surface area (Å²) in [4.78, 5) is 17.8. The number of hydrogen-bond donors (Lipinski definition) is 0. The highest BCUT2D eigenvalue weighted by molar-refractivity contribution is 5.84. The van der Waals surface area contributed by atoms with Crippen LogP contribution in [0.25, 0.3) is 0 Å². The molecule has 1 fully saturated rings. The molecular weight excluding hydrogens is 188 g/mol. The van der Waals surface area contributed by atoms with Crippen molar-refractivity contribution in [1.82, 2.24) is 9.88 Å². The second-order valence-corrected chi connectivity index (χ2v) is 3.87. The van der Waals surface area contributed by atoms with Crippen molar-refractivity contribution >= 4 is 5.91 Å². The first-order chi connectivity index (χ1) is 7.29. The van der Waals surface area contributed by atoms with Crippen LogP contribution in [0.5, 0.6) is 0 Å². The number of aromatic nitrogens is 1. The molecule has 79 valence electrons. The van der Waals surface area contributed by atoms with Gasteiger partial charge in [0.25, 0.3) is 0 Å². The van der Waals surface area contributed by atoms with E-state index in [2.05, 4.69) is 11.9 Å². The summed E-state index contributed by atoms with van der Waals surface area (Å²) in [6, 6.07) is 3.71. The zero-order valence-electron chi connectivity index (χ0n) is 8.72. The molecule has 0 aliphatic carbocycles. The minimum Gasteiger partial charge on any atom is -0.342 e. The molecule has 1 aromatic heterocycles. The summed E-state index contributed by atoms with van der Waals surface area (Å²) in [5.41, 5.74) is 0.946. The smallest absolute Gasteiger partial charge is 0.230 e. The first-order valence-electron chi connectivity index (χ1n) is 5.31. The average Bonchev–Trinajstić information content (AvgIpc) is 2.82. The Labute approximate surface area is 90.1 Å². The maximum Gasteiger partial charge on any atom is 0.230 e. The van der Waals surface area contributed by atoms with E-state index in [1.165, 1.54) is 0 Å². The molecule has 0 bridgehead atoms. The Morgan fingerprint density at radius 2 is 1.93 bits per heavy atom. The van der Waals surface area contributed by atoms with Gasteiger partial charge in [0.15, 0.2) is 0 Å². The van der Waals surface area contributed by atoms with Gasteiger partial charge >= 0.3 is 0 Å². The van der Waals surface area contributed by atoms with Gasteiger partial charge in [-0.15, -0.1) is 0 Å². The van der Waals surface area contributed by atoms with Crippen molar-refractivity contribution in [3.8, 4) is 0 Å². The van der Waals surface area contributed by atoms with Crippen LogP contribution in [-0.2, 0) is 4.79 Å². The largest absolute Gasteiger partial charge is 0.342 e. The van der Waals surface area contributed by atoms with Crippen molar-refractivity contribution in [3.63, 3.8) is 0 Å². The molecule has 1 aliphatic rings. The molecule has 0 unspecified atom stereocenters. The molecule has 0 N–H and O–H groups in total. The van der Waals surface area contributed by atoms with E-state index in [1.54, 1.807) is 12.4 Å². The molecular formula is C12H15N2O. The van der Waals surface area contributed by atoms with Crippen LogP contribution in [-0.4, -0.2) is 28.9 Å². The Balaban J connectivity index is 2.07. The lowest BCUT2D eigenvalue weighted by molar-refractivity contribution is -0.130. The lowest BCUT2D eigenvalue weighted by atomic mass is 10.0. The normalized spacial score (nSPS) is 17.8. The third kappa shape index (κ3) is 2.17. The van der Waals surface area contributed by atoms with Crippen LogP contribution < -0.4 is 0 Å². The van der Waals surface area contributed by atoms with Crippen molar-refractivity contribution in [2.24, 2.45) is 0 Å². The zero-order chi connectivity index (χ0) is 10.7. The van der Waals surface area contributed by atoms with Gasteiger partial charge in [-0.05, 0) is 37.5 Å².